The second kappa shape index (κ2) is 2.49. The van der Waals surface area contributed by atoms with Crippen LogP contribution in [0, 0.1) is 5.41 Å². The van der Waals surface area contributed by atoms with Crippen molar-refractivity contribution in [3.05, 3.63) is 24.8 Å². The second-order valence-corrected chi connectivity index (χ2v) is 4.02. The summed E-state index contributed by atoms with van der Waals surface area (Å²) in [7, 11) is 0. The average Bonchev–Trinajstić information content (AvgIpc) is 1.97. The number of aliphatic hydroxyl groups is 1. The number of hydrogen-bond donors (Lipinski definition) is 1. The molecule has 0 radical (unpaired) electrons. The van der Waals surface area contributed by atoms with Crippen molar-refractivity contribution in [1.29, 1.82) is 0 Å². The number of rotatable bonds is 1. The van der Waals surface area contributed by atoms with Gasteiger partial charge in [-0.25, -0.2) is 0 Å². The minimum Gasteiger partial charge on any atom is -0.382 e. The molecule has 62 valence electrons. The fraction of sp³-hybridized carbons (Fsp3) is 0.600. The van der Waals surface area contributed by atoms with Gasteiger partial charge in [0.05, 0.1) is 0 Å². The van der Waals surface area contributed by atoms with Crippen molar-refractivity contribution in [3.8, 4) is 0 Å². The molecule has 0 aromatic rings. The Bertz CT molecular complexity index is 191. The molecule has 1 atom stereocenters. The van der Waals surface area contributed by atoms with Crippen molar-refractivity contribution in [2.45, 2.75) is 32.3 Å². The summed E-state index contributed by atoms with van der Waals surface area (Å²) in [6.07, 6.45) is 7.34. The summed E-state index contributed by atoms with van der Waals surface area (Å²) in [5.74, 6) is 0. The molecule has 1 aliphatic rings. The lowest BCUT2D eigenvalue weighted by Gasteiger charge is -2.32. The minimum atomic E-state index is -0.741. The van der Waals surface area contributed by atoms with Gasteiger partial charge in [-0.2, -0.15) is 0 Å². The minimum absolute atomic E-state index is 0.245. The van der Waals surface area contributed by atoms with Crippen LogP contribution in [0.4, 0.5) is 0 Å². The van der Waals surface area contributed by atoms with E-state index in [0.717, 1.165) is 12.8 Å². The quantitative estimate of drug-likeness (QED) is 0.571. The molecule has 1 heteroatoms. The summed E-state index contributed by atoms with van der Waals surface area (Å²) in [6.45, 7) is 7.95. The Morgan fingerprint density at radius 3 is 2.36 bits per heavy atom. The van der Waals surface area contributed by atoms with E-state index in [0.29, 0.717) is 0 Å². The first-order valence-electron chi connectivity index (χ1n) is 4.04. The van der Waals surface area contributed by atoms with Gasteiger partial charge in [0.15, 0.2) is 0 Å². The van der Waals surface area contributed by atoms with Gasteiger partial charge in [-0.05, 0) is 18.3 Å². The molecule has 1 rings (SSSR count). The topological polar surface area (TPSA) is 20.2 Å². The van der Waals surface area contributed by atoms with Crippen LogP contribution in [-0.4, -0.2) is 10.7 Å². The number of allylic oxidation sites excluding steroid dienone is 1. The predicted octanol–water partition coefficient (Wildman–Crippen LogP) is 2.28. The van der Waals surface area contributed by atoms with E-state index in [2.05, 4.69) is 26.5 Å². The summed E-state index contributed by atoms with van der Waals surface area (Å²) in [4.78, 5) is 0. The van der Waals surface area contributed by atoms with E-state index in [1.807, 2.05) is 6.08 Å². The molecule has 1 N–H and O–H groups in total. The molecule has 0 aromatic heterocycles. The van der Waals surface area contributed by atoms with Gasteiger partial charge < -0.3 is 5.11 Å². The highest BCUT2D eigenvalue weighted by molar-refractivity contribution is 5.17. The maximum atomic E-state index is 9.71. The Hall–Kier alpha value is -0.560. The highest BCUT2D eigenvalue weighted by Gasteiger charge is 2.28. The Kier molecular flexibility index (Phi) is 1.93. The van der Waals surface area contributed by atoms with Gasteiger partial charge in [0.1, 0.15) is 5.60 Å². The van der Waals surface area contributed by atoms with Crippen LogP contribution in [0.5, 0.6) is 0 Å². The number of hydrogen-bond acceptors (Lipinski definition) is 1. The second-order valence-electron chi connectivity index (χ2n) is 4.02. The van der Waals surface area contributed by atoms with E-state index in [9.17, 15) is 5.11 Å². The first-order valence-corrected chi connectivity index (χ1v) is 4.04. The highest BCUT2D eigenvalue weighted by Crippen LogP contribution is 2.34. The third kappa shape index (κ3) is 1.93. The molecule has 0 saturated carbocycles. The highest BCUT2D eigenvalue weighted by atomic mass is 16.3. The maximum Gasteiger partial charge on any atom is 0.101 e. The van der Waals surface area contributed by atoms with Crippen molar-refractivity contribution >= 4 is 0 Å². The van der Waals surface area contributed by atoms with E-state index in [1.165, 1.54) is 0 Å². The Balaban J connectivity index is 2.78. The average molecular weight is 152 g/mol. The maximum absolute atomic E-state index is 9.71. The first kappa shape index (κ1) is 8.54. The fourth-order valence-electron chi connectivity index (χ4n) is 1.23. The third-order valence-corrected chi connectivity index (χ3v) is 2.35. The van der Waals surface area contributed by atoms with E-state index in [-0.39, 0.29) is 5.41 Å². The molecule has 0 heterocycles. The van der Waals surface area contributed by atoms with Crippen molar-refractivity contribution in [2.75, 3.05) is 0 Å². The Morgan fingerprint density at radius 2 is 2.00 bits per heavy atom. The normalized spacial score (nSPS) is 35.2. The monoisotopic (exact) mass is 152 g/mol. The van der Waals surface area contributed by atoms with Gasteiger partial charge in [0, 0.05) is 0 Å². The van der Waals surface area contributed by atoms with Crippen LogP contribution in [0.2, 0.25) is 0 Å². The van der Waals surface area contributed by atoms with Crippen molar-refractivity contribution in [2.24, 2.45) is 5.41 Å². The molecule has 1 unspecified atom stereocenters. The van der Waals surface area contributed by atoms with Gasteiger partial charge >= 0.3 is 0 Å². The van der Waals surface area contributed by atoms with Crippen LogP contribution in [0.1, 0.15) is 26.7 Å². The lowest BCUT2D eigenvalue weighted by molar-refractivity contribution is 0.108. The van der Waals surface area contributed by atoms with Crippen molar-refractivity contribution in [3.63, 3.8) is 0 Å². The molecule has 1 nitrogen and oxygen atoms in total. The molecular formula is C10H16O. The van der Waals surface area contributed by atoms with E-state index < -0.39 is 5.60 Å². The molecule has 0 bridgehead atoms. The van der Waals surface area contributed by atoms with Gasteiger partial charge in [-0.1, -0.05) is 38.7 Å². The van der Waals surface area contributed by atoms with Crippen LogP contribution in [0.15, 0.2) is 24.8 Å². The van der Waals surface area contributed by atoms with Crippen LogP contribution >= 0.6 is 0 Å². The van der Waals surface area contributed by atoms with Crippen LogP contribution in [0.25, 0.3) is 0 Å². The summed E-state index contributed by atoms with van der Waals surface area (Å²) in [6, 6.07) is 0. The lowest BCUT2D eigenvalue weighted by atomic mass is 9.77. The fourth-order valence-corrected chi connectivity index (χ4v) is 1.23. The van der Waals surface area contributed by atoms with E-state index in [1.54, 1.807) is 6.08 Å². The van der Waals surface area contributed by atoms with E-state index in [4.69, 9.17) is 0 Å². The molecule has 0 spiro atoms. The first-order chi connectivity index (χ1) is 4.97. The van der Waals surface area contributed by atoms with Crippen LogP contribution < -0.4 is 0 Å². The molecule has 0 saturated heterocycles. The third-order valence-electron chi connectivity index (χ3n) is 2.35. The van der Waals surface area contributed by atoms with Crippen molar-refractivity contribution in [1.82, 2.24) is 0 Å². The van der Waals surface area contributed by atoms with Gasteiger partial charge in [-0.3, -0.25) is 0 Å². The van der Waals surface area contributed by atoms with Crippen LogP contribution in [0.3, 0.4) is 0 Å². The largest absolute Gasteiger partial charge is 0.382 e. The zero-order valence-corrected chi connectivity index (χ0v) is 7.30. The lowest BCUT2D eigenvalue weighted by Crippen LogP contribution is -2.29. The predicted molar refractivity (Wildman–Crippen MR) is 47.3 cm³/mol. The smallest absolute Gasteiger partial charge is 0.101 e. The molecule has 0 aromatic carbocycles. The summed E-state index contributed by atoms with van der Waals surface area (Å²) >= 11 is 0. The molecule has 0 amide bonds. The molecule has 11 heavy (non-hydrogen) atoms. The van der Waals surface area contributed by atoms with Crippen LogP contribution in [-0.2, 0) is 0 Å². The summed E-state index contributed by atoms with van der Waals surface area (Å²) in [5, 5.41) is 9.71. The zero-order chi connectivity index (χ0) is 8.54. The van der Waals surface area contributed by atoms with Crippen molar-refractivity contribution < 1.29 is 5.11 Å². The standard InChI is InChI=1S/C10H16O/c1-4-10(11)7-5-9(2,3)6-8-10/h4-5,7,11H,1,6,8H2,2-3H3. The SMILES string of the molecule is C=CC1(O)C=CC(C)(C)CC1. The van der Waals surface area contributed by atoms with Gasteiger partial charge in [-0.15, -0.1) is 0 Å². The summed E-state index contributed by atoms with van der Waals surface area (Å²) < 4.78 is 0. The van der Waals surface area contributed by atoms with E-state index >= 15 is 0 Å². The summed E-state index contributed by atoms with van der Waals surface area (Å²) in [5.41, 5.74) is -0.495. The molecule has 1 aliphatic carbocycles. The van der Waals surface area contributed by atoms with Gasteiger partial charge in [0.25, 0.3) is 0 Å². The Morgan fingerprint density at radius 1 is 1.36 bits per heavy atom. The molecule has 0 fully saturated rings. The molecular weight excluding hydrogens is 136 g/mol. The molecule has 0 aliphatic heterocycles. The Labute approximate surface area is 68.4 Å². The van der Waals surface area contributed by atoms with Gasteiger partial charge in [0.2, 0.25) is 0 Å². The zero-order valence-electron chi connectivity index (χ0n) is 7.30.